The van der Waals surface area contributed by atoms with Gasteiger partial charge in [-0.1, -0.05) is 45.0 Å². The Morgan fingerprint density at radius 3 is 2.23 bits per heavy atom. The minimum absolute atomic E-state index is 0. The normalized spacial score (nSPS) is 13.9. The second kappa shape index (κ2) is 12.2. The van der Waals surface area contributed by atoms with Gasteiger partial charge in [-0.15, -0.1) is 0 Å². The van der Waals surface area contributed by atoms with Crippen molar-refractivity contribution in [1.29, 1.82) is 0 Å². The summed E-state index contributed by atoms with van der Waals surface area (Å²) in [4.78, 5) is 8.77. The number of hydrogen-bond donors (Lipinski definition) is 2. The van der Waals surface area contributed by atoms with Crippen molar-refractivity contribution >= 4 is 69.8 Å². The molecule has 2 atom stereocenters. The van der Waals surface area contributed by atoms with Crippen LogP contribution in [0.5, 0.6) is 11.5 Å². The third-order valence-electron chi connectivity index (χ3n) is 4.32. The first kappa shape index (κ1) is 28.0. The van der Waals surface area contributed by atoms with Crippen molar-refractivity contribution < 1.29 is 31.7 Å². The van der Waals surface area contributed by atoms with Gasteiger partial charge in [-0.3, -0.25) is 13.6 Å². The van der Waals surface area contributed by atoms with Gasteiger partial charge < -0.3 is 9.63 Å². The average Bonchev–Trinajstić information content (AvgIpc) is 2.60. The molecule has 0 amide bonds. The van der Waals surface area contributed by atoms with Crippen molar-refractivity contribution in [3.05, 3.63) is 59.7 Å². The number of rotatable bonds is 9. The van der Waals surface area contributed by atoms with E-state index < -0.39 is 23.8 Å². The maximum absolute atomic E-state index is 11.2. The molecule has 0 saturated carbocycles. The second-order valence-electron chi connectivity index (χ2n) is 7.74. The Hall–Kier alpha value is -0.0636. The molecule has 162 valence electrons. The van der Waals surface area contributed by atoms with E-state index in [1.54, 1.807) is 0 Å². The van der Waals surface area contributed by atoms with Crippen molar-refractivity contribution in [3.8, 4) is 11.5 Å². The molecule has 2 rings (SSSR count). The summed E-state index contributed by atoms with van der Waals surface area (Å²) in [6.45, 7) is 6.43. The van der Waals surface area contributed by atoms with E-state index >= 15 is 0 Å². The molecule has 0 aromatic heterocycles. The van der Waals surface area contributed by atoms with E-state index in [9.17, 15) is 13.0 Å². The molecule has 2 unspecified atom stereocenters. The van der Waals surface area contributed by atoms with Crippen LogP contribution >= 0.6 is 8.25 Å². The molecule has 0 heterocycles. The van der Waals surface area contributed by atoms with Crippen LogP contribution in [0.1, 0.15) is 44.7 Å². The quantitative estimate of drug-likeness (QED) is 0.315. The van der Waals surface area contributed by atoms with Gasteiger partial charge in [0, 0.05) is 0 Å². The van der Waals surface area contributed by atoms with Gasteiger partial charge >= 0.3 is 59.6 Å². The summed E-state index contributed by atoms with van der Waals surface area (Å²) in [5.74, 6) is 1.36. The Bertz CT molecular complexity index is 940. The molecule has 0 spiro atoms. The van der Waals surface area contributed by atoms with Gasteiger partial charge in [-0.05, 0) is 60.1 Å². The van der Waals surface area contributed by atoms with E-state index in [4.69, 9.17) is 14.2 Å². The first-order valence-electron chi connectivity index (χ1n) is 9.18. The molecule has 0 aliphatic heterocycles. The molecule has 0 fully saturated rings. The molecule has 2 aromatic rings. The fourth-order valence-electron chi connectivity index (χ4n) is 2.78. The zero-order chi connectivity index (χ0) is 21.7. The van der Waals surface area contributed by atoms with Gasteiger partial charge in [-0.25, -0.2) is 0 Å². The molecule has 7 nitrogen and oxygen atoms in total. The fraction of sp³-hybridized carbons (Fsp3) is 0.400. The van der Waals surface area contributed by atoms with Gasteiger partial charge in [0.2, 0.25) is 0 Å². The summed E-state index contributed by atoms with van der Waals surface area (Å²) in [6, 6.07) is 15.3. The Balaban J connectivity index is 0.00000450. The van der Waals surface area contributed by atoms with Crippen molar-refractivity contribution in [2.24, 2.45) is 0 Å². The minimum atomic E-state index is -4.56. The van der Waals surface area contributed by atoms with Crippen LogP contribution < -0.4 is 4.74 Å². The molecule has 10 heteroatoms. The van der Waals surface area contributed by atoms with Crippen molar-refractivity contribution in [1.82, 2.24) is 0 Å². The topological polar surface area (TPSA) is 110 Å². The predicted octanol–water partition coefficient (Wildman–Crippen LogP) is 4.06. The molecule has 0 aliphatic carbocycles. The van der Waals surface area contributed by atoms with Crippen LogP contribution in [0.15, 0.2) is 48.5 Å². The van der Waals surface area contributed by atoms with E-state index in [2.05, 4.69) is 25.3 Å². The Morgan fingerprint density at radius 2 is 1.70 bits per heavy atom. The predicted molar refractivity (Wildman–Crippen MR) is 119 cm³/mol. The molecule has 0 aliphatic rings. The van der Waals surface area contributed by atoms with E-state index in [0.29, 0.717) is 24.3 Å². The van der Waals surface area contributed by atoms with Gasteiger partial charge in [0.25, 0.3) is 10.1 Å². The first-order valence-corrected chi connectivity index (χ1v) is 11.9. The van der Waals surface area contributed by atoms with Gasteiger partial charge in [-0.2, -0.15) is 8.42 Å². The first-order chi connectivity index (χ1) is 13.4. The van der Waals surface area contributed by atoms with Crippen molar-refractivity contribution in [2.45, 2.75) is 50.9 Å². The zero-order valence-corrected chi connectivity index (χ0v) is 18.5. The summed E-state index contributed by atoms with van der Waals surface area (Å²) in [6.07, 6.45) is 0.723. The SMILES string of the molecule is CC(C)(C)c1ccc(Oc2cccc(CCCC(O[PH](=O)O)S(=O)(=O)O)c2)cc1.[KH]. The Kier molecular flexibility index (Phi) is 11.4. The Morgan fingerprint density at radius 1 is 1.07 bits per heavy atom. The molecule has 2 N–H and O–H groups in total. The van der Waals surface area contributed by atoms with Crippen LogP contribution in [-0.2, 0) is 31.0 Å². The van der Waals surface area contributed by atoms with E-state index in [0.717, 1.165) is 5.56 Å². The Labute approximate surface area is 221 Å². The monoisotopic (exact) mass is 482 g/mol. The summed E-state index contributed by atoms with van der Waals surface area (Å²) in [5, 5.41) is 0. The molecule has 30 heavy (non-hydrogen) atoms. The van der Waals surface area contributed by atoms with Gasteiger partial charge in [0.1, 0.15) is 11.5 Å². The number of hydrogen-bond acceptors (Lipinski definition) is 5. The summed E-state index contributed by atoms with van der Waals surface area (Å²) < 4.78 is 52.6. The van der Waals surface area contributed by atoms with Crippen LogP contribution in [0.25, 0.3) is 0 Å². The average molecular weight is 483 g/mol. The van der Waals surface area contributed by atoms with Gasteiger partial charge in [0.05, 0.1) is 0 Å². The van der Waals surface area contributed by atoms with Crippen LogP contribution in [0, 0.1) is 0 Å². The second-order valence-corrected chi connectivity index (χ2v) is 10.1. The third-order valence-corrected chi connectivity index (χ3v) is 5.98. The summed E-state index contributed by atoms with van der Waals surface area (Å²) in [7, 11) is -8.03. The molecule has 0 saturated heterocycles. The van der Waals surface area contributed by atoms with E-state index in [-0.39, 0.29) is 63.2 Å². The standard InChI is InChI=1S/C20H27O7PS.K.H/c1-20(2,3)16-10-12-17(13-11-16)26-18-8-4-6-15(14-18)7-5-9-19(27-28(21)22)29(23,24)25;;/h4,6,8,10-14,19,28H,5,7,9H2,1-3H3,(H,21,22)(H,23,24,25);;. The fourth-order valence-corrected chi connectivity index (χ4v) is 4.32. The van der Waals surface area contributed by atoms with Crippen molar-refractivity contribution in [3.63, 3.8) is 0 Å². The molecule has 0 bridgehead atoms. The van der Waals surface area contributed by atoms with Crippen LogP contribution in [0.3, 0.4) is 0 Å². The van der Waals surface area contributed by atoms with Crippen LogP contribution in [-0.4, -0.2) is 74.7 Å². The van der Waals surface area contributed by atoms with Crippen LogP contribution in [0.4, 0.5) is 0 Å². The summed E-state index contributed by atoms with van der Waals surface area (Å²) in [5.41, 5.74) is 0.463. The van der Waals surface area contributed by atoms with Crippen molar-refractivity contribution in [2.75, 3.05) is 0 Å². The maximum atomic E-state index is 11.2. The number of benzene rings is 2. The molecular weight excluding hydrogens is 454 g/mol. The molecule has 2 aromatic carbocycles. The zero-order valence-electron chi connectivity index (χ0n) is 16.7. The third kappa shape index (κ3) is 9.61. The molecular formula is C20H28KO7PS. The van der Waals surface area contributed by atoms with Crippen LogP contribution in [0.2, 0.25) is 0 Å². The number of aryl methyl sites for hydroxylation is 1. The van der Waals surface area contributed by atoms with E-state index in [1.807, 2.05) is 48.5 Å². The number of ether oxygens (including phenoxy) is 1. The van der Waals surface area contributed by atoms with Gasteiger partial charge in [0.15, 0.2) is 5.44 Å². The summed E-state index contributed by atoms with van der Waals surface area (Å²) >= 11 is 0. The van der Waals surface area contributed by atoms with E-state index in [1.165, 1.54) is 5.56 Å². The molecule has 0 radical (unpaired) electrons.